The van der Waals surface area contributed by atoms with E-state index in [-0.39, 0.29) is 11.3 Å². The number of aliphatic carboxylic acids is 1. The molecule has 2 N–H and O–H groups in total. The van der Waals surface area contributed by atoms with Gasteiger partial charge in [-0.15, -0.1) is 0 Å². The molecule has 5 heteroatoms. The zero-order chi connectivity index (χ0) is 16.7. The largest absolute Gasteiger partial charge is 0.507 e. The average molecular weight is 307 g/mol. The van der Waals surface area contributed by atoms with E-state index in [1.165, 1.54) is 12.1 Å². The van der Waals surface area contributed by atoms with Gasteiger partial charge in [-0.1, -0.05) is 19.8 Å². The van der Waals surface area contributed by atoms with Crippen molar-refractivity contribution in [3.63, 3.8) is 0 Å². The summed E-state index contributed by atoms with van der Waals surface area (Å²) in [5.74, 6) is -2.91. The highest BCUT2D eigenvalue weighted by Crippen LogP contribution is 2.28. The van der Waals surface area contributed by atoms with Crippen LogP contribution in [0.4, 0.5) is 5.69 Å². The number of carboxylic acids is 1. The second-order valence-corrected chi connectivity index (χ2v) is 5.27. The summed E-state index contributed by atoms with van der Waals surface area (Å²) in [6, 6.07) is 4.80. The number of carboxylic acid groups (broad SMARTS) is 1. The Morgan fingerprint density at radius 2 is 1.82 bits per heavy atom. The predicted octanol–water partition coefficient (Wildman–Crippen LogP) is 3.31. The van der Waals surface area contributed by atoms with Gasteiger partial charge >= 0.3 is 5.97 Å². The molecule has 0 saturated heterocycles. The van der Waals surface area contributed by atoms with E-state index in [4.69, 9.17) is 0 Å². The lowest BCUT2D eigenvalue weighted by atomic mass is 9.92. The second kappa shape index (κ2) is 8.41. The molecule has 0 aliphatic carbocycles. The number of anilines is 1. The van der Waals surface area contributed by atoms with Gasteiger partial charge < -0.3 is 15.1 Å². The van der Waals surface area contributed by atoms with Crippen LogP contribution in [0.3, 0.4) is 0 Å². The van der Waals surface area contributed by atoms with Crippen LogP contribution in [-0.4, -0.2) is 35.1 Å². The highest BCUT2D eigenvalue weighted by atomic mass is 16.4. The molecule has 0 bridgehead atoms. The van der Waals surface area contributed by atoms with Crippen molar-refractivity contribution in [3.05, 3.63) is 23.8 Å². The smallest absolute Gasteiger partial charge is 0.314 e. The summed E-state index contributed by atoms with van der Waals surface area (Å²) in [6.07, 6.45) is 1.78. The number of carbonyl (C=O) groups excluding carboxylic acids is 1. The molecule has 22 heavy (non-hydrogen) atoms. The minimum Gasteiger partial charge on any atom is -0.507 e. The van der Waals surface area contributed by atoms with Gasteiger partial charge in [-0.2, -0.15) is 0 Å². The summed E-state index contributed by atoms with van der Waals surface area (Å²) >= 11 is 0. The Hall–Kier alpha value is -2.04. The first-order chi connectivity index (χ1) is 10.5. The van der Waals surface area contributed by atoms with E-state index in [0.29, 0.717) is 12.8 Å². The third-order valence-corrected chi connectivity index (χ3v) is 3.84. The molecule has 0 heterocycles. The van der Waals surface area contributed by atoms with E-state index in [2.05, 4.69) is 0 Å². The fourth-order valence-corrected chi connectivity index (χ4v) is 2.48. The number of nitrogens with zero attached hydrogens (tertiary/aromatic N) is 1. The first-order valence-electron chi connectivity index (χ1n) is 7.81. The molecule has 1 aromatic carbocycles. The summed E-state index contributed by atoms with van der Waals surface area (Å²) in [5, 5.41) is 19.3. The lowest BCUT2D eigenvalue weighted by Gasteiger charge is -2.22. The number of benzene rings is 1. The van der Waals surface area contributed by atoms with Crippen LogP contribution < -0.4 is 4.90 Å². The van der Waals surface area contributed by atoms with Gasteiger partial charge in [0.2, 0.25) is 0 Å². The maximum atomic E-state index is 12.4. The van der Waals surface area contributed by atoms with E-state index in [0.717, 1.165) is 25.2 Å². The Kier molecular flexibility index (Phi) is 6.89. The van der Waals surface area contributed by atoms with Crippen molar-refractivity contribution in [2.45, 2.75) is 40.0 Å². The Bertz CT molecular complexity index is 523. The van der Waals surface area contributed by atoms with Crippen LogP contribution in [0.2, 0.25) is 0 Å². The van der Waals surface area contributed by atoms with Gasteiger partial charge in [-0.05, 0) is 32.4 Å². The van der Waals surface area contributed by atoms with E-state index >= 15 is 0 Å². The van der Waals surface area contributed by atoms with Crippen molar-refractivity contribution in [2.24, 2.45) is 5.92 Å². The van der Waals surface area contributed by atoms with Gasteiger partial charge in [0, 0.05) is 24.8 Å². The van der Waals surface area contributed by atoms with Crippen LogP contribution in [0.25, 0.3) is 0 Å². The summed E-state index contributed by atoms with van der Waals surface area (Å²) in [7, 11) is 0. The van der Waals surface area contributed by atoms with E-state index in [1.54, 1.807) is 6.07 Å². The van der Waals surface area contributed by atoms with Crippen LogP contribution in [0.15, 0.2) is 18.2 Å². The van der Waals surface area contributed by atoms with Crippen LogP contribution in [0.1, 0.15) is 50.4 Å². The summed E-state index contributed by atoms with van der Waals surface area (Å²) in [6.45, 7) is 7.53. The van der Waals surface area contributed by atoms with Gasteiger partial charge in [0.15, 0.2) is 5.78 Å². The molecule has 0 amide bonds. The van der Waals surface area contributed by atoms with Crippen molar-refractivity contribution in [2.75, 3.05) is 18.0 Å². The molecule has 122 valence electrons. The van der Waals surface area contributed by atoms with Crippen LogP contribution in [-0.2, 0) is 4.79 Å². The highest BCUT2D eigenvalue weighted by Gasteiger charge is 2.28. The molecule has 1 unspecified atom stereocenters. The topological polar surface area (TPSA) is 77.8 Å². The van der Waals surface area contributed by atoms with Gasteiger partial charge in [-0.3, -0.25) is 9.59 Å². The summed E-state index contributed by atoms with van der Waals surface area (Å²) in [5.41, 5.74) is 0.902. The maximum absolute atomic E-state index is 12.4. The third kappa shape index (κ3) is 4.23. The number of unbranched alkanes of at least 4 members (excludes halogenated alkanes) is 1. The molecular formula is C17H25NO4. The predicted molar refractivity (Wildman–Crippen MR) is 86.6 cm³/mol. The number of ketones is 1. The maximum Gasteiger partial charge on any atom is 0.314 e. The van der Waals surface area contributed by atoms with Gasteiger partial charge in [-0.25, -0.2) is 0 Å². The van der Waals surface area contributed by atoms with Gasteiger partial charge in [0.05, 0.1) is 5.56 Å². The average Bonchev–Trinajstić information content (AvgIpc) is 2.48. The number of hydrogen-bond acceptors (Lipinski definition) is 4. The van der Waals surface area contributed by atoms with Crippen molar-refractivity contribution in [1.82, 2.24) is 0 Å². The molecule has 1 rings (SSSR count). The van der Waals surface area contributed by atoms with Crippen molar-refractivity contribution >= 4 is 17.4 Å². The number of phenolic OH excluding ortho intramolecular Hbond substituents is 1. The molecule has 0 fully saturated rings. The molecule has 0 aliphatic heterocycles. The zero-order valence-corrected chi connectivity index (χ0v) is 13.5. The minimum atomic E-state index is -1.13. The molecule has 0 aromatic heterocycles. The first kappa shape index (κ1) is 18.0. The Morgan fingerprint density at radius 3 is 2.27 bits per heavy atom. The summed E-state index contributed by atoms with van der Waals surface area (Å²) in [4.78, 5) is 25.7. The van der Waals surface area contributed by atoms with Crippen LogP contribution in [0, 0.1) is 5.92 Å². The summed E-state index contributed by atoms with van der Waals surface area (Å²) < 4.78 is 0. The lowest BCUT2D eigenvalue weighted by Crippen LogP contribution is -2.25. The van der Waals surface area contributed by atoms with E-state index in [1.807, 2.05) is 25.7 Å². The number of aromatic hydroxyl groups is 1. The molecule has 0 spiro atoms. The second-order valence-electron chi connectivity index (χ2n) is 5.27. The molecule has 1 atom stereocenters. The van der Waals surface area contributed by atoms with E-state index in [9.17, 15) is 19.8 Å². The third-order valence-electron chi connectivity index (χ3n) is 3.84. The highest BCUT2D eigenvalue weighted by molar-refractivity contribution is 6.09. The zero-order valence-electron chi connectivity index (χ0n) is 13.5. The molecule has 1 aromatic rings. The minimum absolute atomic E-state index is 0.0828. The number of phenols is 1. The number of hydrogen-bond donors (Lipinski definition) is 2. The normalized spacial score (nSPS) is 12.0. The van der Waals surface area contributed by atoms with Crippen molar-refractivity contribution in [1.29, 1.82) is 0 Å². The standard InChI is InChI=1S/C17H25NO4/c1-4-7-8-14(17(21)22)16(20)13-10-9-12(11-15(13)19)18(5-2)6-3/h9-11,14,19H,4-8H2,1-3H3,(H,21,22). The fraction of sp³-hybridized carbons (Fsp3) is 0.529. The Morgan fingerprint density at radius 1 is 1.18 bits per heavy atom. The Labute approximate surface area is 131 Å². The van der Waals surface area contributed by atoms with Crippen LogP contribution in [0.5, 0.6) is 5.75 Å². The van der Waals surface area contributed by atoms with Crippen LogP contribution >= 0.6 is 0 Å². The molecule has 5 nitrogen and oxygen atoms in total. The molecule has 0 saturated carbocycles. The van der Waals surface area contributed by atoms with Crippen molar-refractivity contribution < 1.29 is 19.8 Å². The molecular weight excluding hydrogens is 282 g/mol. The number of Topliss-reactive ketones (excluding diaryl/α,β-unsaturated/α-hetero) is 1. The lowest BCUT2D eigenvalue weighted by molar-refractivity contribution is -0.140. The quantitative estimate of drug-likeness (QED) is 0.540. The van der Waals surface area contributed by atoms with Gasteiger partial charge in [0.1, 0.15) is 11.7 Å². The Balaban J connectivity index is 3.04. The SMILES string of the molecule is CCCCC(C(=O)O)C(=O)c1ccc(N(CC)CC)cc1O. The monoisotopic (exact) mass is 307 g/mol. The first-order valence-corrected chi connectivity index (χ1v) is 7.81. The fourth-order valence-electron chi connectivity index (χ4n) is 2.48. The van der Waals surface area contributed by atoms with E-state index < -0.39 is 17.7 Å². The van der Waals surface area contributed by atoms with Gasteiger partial charge in [0.25, 0.3) is 0 Å². The molecule has 0 radical (unpaired) electrons. The number of rotatable bonds is 9. The number of carbonyl (C=O) groups is 2. The van der Waals surface area contributed by atoms with Crippen molar-refractivity contribution in [3.8, 4) is 5.75 Å². The molecule has 0 aliphatic rings.